The van der Waals surface area contributed by atoms with Gasteiger partial charge in [-0.2, -0.15) is 0 Å². The van der Waals surface area contributed by atoms with Crippen LogP contribution in [0.25, 0.3) is 11.0 Å². The molecule has 1 fully saturated rings. The molecule has 202 valence electrons. The van der Waals surface area contributed by atoms with Crippen LogP contribution in [0.15, 0.2) is 48.8 Å². The highest BCUT2D eigenvalue weighted by atomic mass is 16.6. The Bertz CT molecular complexity index is 1510. The van der Waals surface area contributed by atoms with E-state index in [1.165, 1.54) is 6.33 Å². The van der Waals surface area contributed by atoms with Crippen LogP contribution in [0.2, 0.25) is 0 Å². The van der Waals surface area contributed by atoms with Crippen LogP contribution in [0.3, 0.4) is 0 Å². The molecule has 1 saturated heterocycles. The standard InChI is InChI=1S/C27H29N7O5/c1-15-11-16(38-17-12-34(13-17)26(37)39-27(2,3)4)9-10-18(15)30-23(35)21-22(29-14-28-21)24(36)33-25-31-19-7-5-6-8-20(19)32-25/h5-11,14,17H,12-13H2,1-4H3,(H,28,29)(H,30,35)(H2,31,32,33,36). The molecule has 2 aromatic heterocycles. The Hall–Kier alpha value is -4.87. The molecule has 1 aliphatic rings. The lowest BCUT2D eigenvalue weighted by Gasteiger charge is -2.39. The van der Waals surface area contributed by atoms with Crippen LogP contribution in [0.1, 0.15) is 47.3 Å². The lowest BCUT2D eigenvalue weighted by Crippen LogP contribution is -2.57. The Morgan fingerprint density at radius 2 is 1.82 bits per heavy atom. The molecule has 0 saturated carbocycles. The zero-order chi connectivity index (χ0) is 27.7. The number of carbonyl (C=O) groups is 3. The molecule has 0 bridgehead atoms. The van der Waals surface area contributed by atoms with E-state index in [0.717, 1.165) is 11.1 Å². The van der Waals surface area contributed by atoms with Gasteiger partial charge in [0.1, 0.15) is 23.1 Å². The minimum Gasteiger partial charge on any atom is -0.487 e. The second-order valence-electron chi connectivity index (χ2n) is 10.2. The summed E-state index contributed by atoms with van der Waals surface area (Å²) in [5.74, 6) is -0.229. The van der Waals surface area contributed by atoms with E-state index < -0.39 is 17.4 Å². The van der Waals surface area contributed by atoms with E-state index in [4.69, 9.17) is 9.47 Å². The predicted octanol–water partition coefficient (Wildman–Crippen LogP) is 4.10. The molecule has 5 rings (SSSR count). The van der Waals surface area contributed by atoms with Gasteiger partial charge in [-0.15, -0.1) is 0 Å². The summed E-state index contributed by atoms with van der Waals surface area (Å²) in [5.41, 5.74) is 2.18. The number of likely N-dealkylation sites (tertiary alicyclic amines) is 1. The Morgan fingerprint density at radius 3 is 2.54 bits per heavy atom. The molecule has 3 amide bonds. The smallest absolute Gasteiger partial charge is 0.410 e. The number of fused-ring (bicyclic) bond motifs is 1. The molecule has 4 N–H and O–H groups in total. The Kier molecular flexibility index (Phi) is 6.69. The number of nitrogens with one attached hydrogen (secondary N) is 4. The number of aromatic nitrogens is 4. The van der Waals surface area contributed by atoms with Crippen LogP contribution in [-0.4, -0.2) is 67.5 Å². The number of hydrogen-bond donors (Lipinski definition) is 4. The summed E-state index contributed by atoms with van der Waals surface area (Å²) in [6.07, 6.45) is 0.778. The number of aryl methyl sites for hydroxylation is 1. The molecule has 0 unspecified atom stereocenters. The van der Waals surface area contributed by atoms with Crippen molar-refractivity contribution in [3.05, 3.63) is 65.7 Å². The minimum absolute atomic E-state index is 0.00471. The number of carbonyl (C=O) groups excluding carboxylic acids is 3. The average molecular weight is 532 g/mol. The largest absolute Gasteiger partial charge is 0.487 e. The Labute approximate surface area is 224 Å². The van der Waals surface area contributed by atoms with Gasteiger partial charge < -0.3 is 29.7 Å². The van der Waals surface area contributed by atoms with Gasteiger partial charge in [0, 0.05) is 5.69 Å². The van der Waals surface area contributed by atoms with Crippen LogP contribution in [0, 0.1) is 6.92 Å². The van der Waals surface area contributed by atoms with Crippen molar-refractivity contribution in [2.45, 2.75) is 39.4 Å². The van der Waals surface area contributed by atoms with Gasteiger partial charge in [0.05, 0.1) is 30.5 Å². The fraction of sp³-hybridized carbons (Fsp3) is 0.296. The van der Waals surface area contributed by atoms with E-state index in [2.05, 4.69) is 30.6 Å². The maximum Gasteiger partial charge on any atom is 0.410 e. The van der Waals surface area contributed by atoms with Gasteiger partial charge in [0.2, 0.25) is 5.95 Å². The molecule has 3 heterocycles. The molecule has 12 nitrogen and oxygen atoms in total. The normalized spacial score (nSPS) is 13.6. The van der Waals surface area contributed by atoms with Crippen molar-refractivity contribution in [2.75, 3.05) is 23.7 Å². The number of amides is 3. The summed E-state index contributed by atoms with van der Waals surface area (Å²) in [7, 11) is 0. The molecule has 1 aliphatic heterocycles. The number of rotatable bonds is 6. The number of aromatic amines is 2. The fourth-order valence-corrected chi connectivity index (χ4v) is 4.03. The van der Waals surface area contributed by atoms with Crippen molar-refractivity contribution in [3.8, 4) is 5.75 Å². The summed E-state index contributed by atoms with van der Waals surface area (Å²) in [6.45, 7) is 8.18. The number of benzene rings is 2. The number of para-hydroxylation sites is 2. The third-order valence-electron chi connectivity index (χ3n) is 5.95. The lowest BCUT2D eigenvalue weighted by molar-refractivity contribution is -0.0221. The van der Waals surface area contributed by atoms with E-state index >= 15 is 0 Å². The van der Waals surface area contributed by atoms with Crippen LogP contribution in [0.4, 0.5) is 16.4 Å². The Morgan fingerprint density at radius 1 is 1.05 bits per heavy atom. The molecule has 4 aromatic rings. The number of H-pyrrole nitrogens is 2. The van der Waals surface area contributed by atoms with Gasteiger partial charge in [0.25, 0.3) is 11.8 Å². The molecule has 0 radical (unpaired) electrons. The highest BCUT2D eigenvalue weighted by Gasteiger charge is 2.35. The van der Waals surface area contributed by atoms with E-state index in [9.17, 15) is 14.4 Å². The second kappa shape index (κ2) is 10.1. The number of anilines is 2. The second-order valence-corrected chi connectivity index (χ2v) is 10.2. The van der Waals surface area contributed by atoms with Gasteiger partial charge >= 0.3 is 6.09 Å². The van der Waals surface area contributed by atoms with Gasteiger partial charge in [-0.3, -0.25) is 14.9 Å². The first kappa shape index (κ1) is 25.8. The van der Waals surface area contributed by atoms with E-state index in [-0.39, 0.29) is 29.5 Å². The van der Waals surface area contributed by atoms with Crippen LogP contribution < -0.4 is 15.4 Å². The van der Waals surface area contributed by atoms with Crippen molar-refractivity contribution >= 4 is 40.6 Å². The topological polar surface area (TPSA) is 154 Å². The lowest BCUT2D eigenvalue weighted by atomic mass is 10.1. The molecule has 39 heavy (non-hydrogen) atoms. The number of imidazole rings is 2. The van der Waals surface area contributed by atoms with E-state index in [1.807, 2.05) is 52.0 Å². The molecular weight excluding hydrogens is 502 g/mol. The van der Waals surface area contributed by atoms with Gasteiger partial charge in [-0.05, 0) is 63.6 Å². The number of ether oxygens (including phenoxy) is 2. The number of nitrogens with zero attached hydrogens (tertiary/aromatic N) is 3. The highest BCUT2D eigenvalue weighted by Crippen LogP contribution is 2.26. The van der Waals surface area contributed by atoms with Gasteiger partial charge in [0.15, 0.2) is 5.69 Å². The minimum atomic E-state index is -0.557. The average Bonchev–Trinajstić information content (AvgIpc) is 3.48. The first-order valence-corrected chi connectivity index (χ1v) is 12.4. The van der Waals surface area contributed by atoms with Crippen molar-refractivity contribution in [2.24, 2.45) is 0 Å². The third-order valence-corrected chi connectivity index (χ3v) is 5.95. The monoisotopic (exact) mass is 531 g/mol. The zero-order valence-corrected chi connectivity index (χ0v) is 22.0. The SMILES string of the molecule is Cc1cc(OC2CN(C(=O)OC(C)(C)C)C2)ccc1NC(=O)c1nc[nH]c1C(=O)Nc1nc2ccccc2[nH]1. The first-order valence-electron chi connectivity index (χ1n) is 12.4. The van der Waals surface area contributed by atoms with Crippen LogP contribution in [-0.2, 0) is 4.74 Å². The van der Waals surface area contributed by atoms with Crippen molar-refractivity contribution in [1.82, 2.24) is 24.8 Å². The van der Waals surface area contributed by atoms with E-state index in [1.54, 1.807) is 23.1 Å². The van der Waals surface area contributed by atoms with E-state index in [0.29, 0.717) is 30.0 Å². The maximum absolute atomic E-state index is 13.0. The number of hydrogen-bond acceptors (Lipinski definition) is 7. The highest BCUT2D eigenvalue weighted by molar-refractivity contribution is 6.13. The van der Waals surface area contributed by atoms with Crippen molar-refractivity contribution in [1.29, 1.82) is 0 Å². The molecule has 2 aromatic carbocycles. The summed E-state index contributed by atoms with van der Waals surface area (Å²) in [5, 5.41) is 5.45. The van der Waals surface area contributed by atoms with Gasteiger partial charge in [-0.1, -0.05) is 12.1 Å². The van der Waals surface area contributed by atoms with Crippen molar-refractivity contribution in [3.63, 3.8) is 0 Å². The quantitative estimate of drug-likeness (QED) is 0.292. The van der Waals surface area contributed by atoms with Gasteiger partial charge in [-0.25, -0.2) is 14.8 Å². The summed E-state index contributed by atoms with van der Waals surface area (Å²) < 4.78 is 11.3. The maximum atomic E-state index is 13.0. The molecule has 0 aliphatic carbocycles. The third kappa shape index (κ3) is 5.84. The molecular formula is C27H29N7O5. The first-order chi connectivity index (χ1) is 18.6. The summed E-state index contributed by atoms with van der Waals surface area (Å²) in [4.78, 5) is 53.6. The van der Waals surface area contributed by atoms with Crippen LogP contribution >= 0.6 is 0 Å². The molecule has 12 heteroatoms. The molecule has 0 atom stereocenters. The zero-order valence-electron chi connectivity index (χ0n) is 22.0. The Balaban J connectivity index is 1.18. The summed E-state index contributed by atoms with van der Waals surface area (Å²) in [6, 6.07) is 12.6. The van der Waals surface area contributed by atoms with Crippen LogP contribution in [0.5, 0.6) is 5.75 Å². The summed E-state index contributed by atoms with van der Waals surface area (Å²) >= 11 is 0. The fourth-order valence-electron chi connectivity index (χ4n) is 4.03. The van der Waals surface area contributed by atoms with Crippen molar-refractivity contribution < 1.29 is 23.9 Å². The predicted molar refractivity (Wildman–Crippen MR) is 144 cm³/mol. The molecule has 0 spiro atoms.